The molecule has 0 aromatic rings. The summed E-state index contributed by atoms with van der Waals surface area (Å²) < 4.78 is 36.9. The van der Waals surface area contributed by atoms with Crippen LogP contribution in [-0.2, 0) is 0 Å². The molecular formula is C8H12F3I. The molecule has 1 rings (SSSR count). The van der Waals surface area contributed by atoms with Gasteiger partial charge < -0.3 is 0 Å². The maximum absolute atomic E-state index is 12.4. The first-order valence-electron chi connectivity index (χ1n) is 4.22. The summed E-state index contributed by atoms with van der Waals surface area (Å²) in [7, 11) is 0. The van der Waals surface area contributed by atoms with Crippen molar-refractivity contribution >= 4 is 22.6 Å². The van der Waals surface area contributed by atoms with Crippen LogP contribution in [0.5, 0.6) is 0 Å². The standard InChI is InChI=1S/C8H12F3I/c9-8(10,11)6-4-2-1-3-5-7(6)12/h6-7H,1-5H2. The molecule has 0 saturated heterocycles. The molecule has 0 nitrogen and oxygen atoms in total. The average molecular weight is 292 g/mol. The van der Waals surface area contributed by atoms with E-state index in [1.165, 1.54) is 0 Å². The van der Waals surface area contributed by atoms with Crippen molar-refractivity contribution in [1.29, 1.82) is 0 Å². The van der Waals surface area contributed by atoms with Gasteiger partial charge in [0.05, 0.1) is 5.92 Å². The van der Waals surface area contributed by atoms with Gasteiger partial charge in [0, 0.05) is 3.92 Å². The molecule has 1 fully saturated rings. The van der Waals surface area contributed by atoms with Crippen LogP contribution in [0.2, 0.25) is 0 Å². The first-order valence-corrected chi connectivity index (χ1v) is 5.47. The first kappa shape index (κ1) is 10.6. The van der Waals surface area contributed by atoms with E-state index in [0.717, 1.165) is 25.7 Å². The predicted octanol–water partition coefficient (Wildman–Crippen LogP) is 3.93. The molecule has 72 valence electrons. The molecule has 0 spiro atoms. The van der Waals surface area contributed by atoms with Crippen LogP contribution in [0.3, 0.4) is 0 Å². The van der Waals surface area contributed by atoms with Crippen molar-refractivity contribution in [3.8, 4) is 0 Å². The normalized spacial score (nSPS) is 33.0. The highest BCUT2D eigenvalue weighted by atomic mass is 127. The second-order valence-electron chi connectivity index (χ2n) is 3.30. The highest BCUT2D eigenvalue weighted by Crippen LogP contribution is 2.40. The minimum Gasteiger partial charge on any atom is -0.171 e. The second-order valence-corrected chi connectivity index (χ2v) is 4.90. The summed E-state index contributed by atoms with van der Waals surface area (Å²) >= 11 is 1.95. The van der Waals surface area contributed by atoms with Crippen molar-refractivity contribution in [3.63, 3.8) is 0 Å². The average Bonchev–Trinajstić information content (AvgIpc) is 2.11. The van der Waals surface area contributed by atoms with E-state index < -0.39 is 12.1 Å². The van der Waals surface area contributed by atoms with E-state index in [1.54, 1.807) is 0 Å². The van der Waals surface area contributed by atoms with E-state index in [2.05, 4.69) is 0 Å². The van der Waals surface area contributed by atoms with Crippen LogP contribution in [0.1, 0.15) is 32.1 Å². The maximum Gasteiger partial charge on any atom is 0.392 e. The molecule has 1 aliphatic carbocycles. The summed E-state index contributed by atoms with van der Waals surface area (Å²) in [5.41, 5.74) is 0. The summed E-state index contributed by atoms with van der Waals surface area (Å²) in [6.07, 6.45) is -0.256. The van der Waals surface area contributed by atoms with E-state index in [-0.39, 0.29) is 3.92 Å². The highest BCUT2D eigenvalue weighted by molar-refractivity contribution is 14.1. The molecule has 12 heavy (non-hydrogen) atoms. The molecule has 0 heterocycles. The summed E-state index contributed by atoms with van der Waals surface area (Å²) in [6, 6.07) is 0. The molecule has 0 N–H and O–H groups in total. The molecule has 2 atom stereocenters. The monoisotopic (exact) mass is 292 g/mol. The van der Waals surface area contributed by atoms with Crippen LogP contribution in [-0.4, -0.2) is 10.1 Å². The number of hydrogen-bond donors (Lipinski definition) is 0. The van der Waals surface area contributed by atoms with E-state index >= 15 is 0 Å². The Kier molecular flexibility index (Phi) is 3.67. The van der Waals surface area contributed by atoms with Crippen molar-refractivity contribution in [1.82, 2.24) is 0 Å². The van der Waals surface area contributed by atoms with Gasteiger partial charge in [0.1, 0.15) is 0 Å². The van der Waals surface area contributed by atoms with Gasteiger partial charge in [0.15, 0.2) is 0 Å². The van der Waals surface area contributed by atoms with Gasteiger partial charge in [-0.05, 0) is 12.8 Å². The molecule has 0 aromatic heterocycles. The minimum absolute atomic E-state index is 0.204. The van der Waals surface area contributed by atoms with Crippen LogP contribution < -0.4 is 0 Å². The number of rotatable bonds is 0. The Balaban J connectivity index is 2.59. The molecule has 0 radical (unpaired) electrons. The third-order valence-corrected chi connectivity index (χ3v) is 3.84. The lowest BCUT2D eigenvalue weighted by molar-refractivity contribution is -0.174. The van der Waals surface area contributed by atoms with Crippen LogP contribution in [0.25, 0.3) is 0 Å². The van der Waals surface area contributed by atoms with Gasteiger partial charge in [-0.25, -0.2) is 0 Å². The summed E-state index contributed by atoms with van der Waals surface area (Å²) in [5.74, 6) is -1.06. The van der Waals surface area contributed by atoms with Gasteiger partial charge in [-0.15, -0.1) is 0 Å². The Hall–Kier alpha value is 0.520. The van der Waals surface area contributed by atoms with Crippen molar-refractivity contribution in [2.75, 3.05) is 0 Å². The van der Waals surface area contributed by atoms with Gasteiger partial charge in [0.2, 0.25) is 0 Å². The van der Waals surface area contributed by atoms with E-state index in [1.807, 2.05) is 22.6 Å². The first-order chi connectivity index (χ1) is 5.52. The summed E-state index contributed by atoms with van der Waals surface area (Å²) in [6.45, 7) is 0. The molecule has 0 bridgehead atoms. The van der Waals surface area contributed by atoms with Gasteiger partial charge in [0.25, 0.3) is 0 Å². The third kappa shape index (κ3) is 2.78. The van der Waals surface area contributed by atoms with Gasteiger partial charge >= 0.3 is 6.18 Å². The maximum atomic E-state index is 12.4. The summed E-state index contributed by atoms with van der Waals surface area (Å²) in [4.78, 5) is 0. The highest BCUT2D eigenvalue weighted by Gasteiger charge is 2.43. The molecule has 4 heteroatoms. The molecule has 0 amide bonds. The van der Waals surface area contributed by atoms with Crippen molar-refractivity contribution in [2.24, 2.45) is 5.92 Å². The smallest absolute Gasteiger partial charge is 0.171 e. The van der Waals surface area contributed by atoms with Crippen LogP contribution in [0, 0.1) is 5.92 Å². The predicted molar refractivity (Wildman–Crippen MR) is 50.4 cm³/mol. The Bertz CT molecular complexity index is 144. The van der Waals surface area contributed by atoms with Gasteiger partial charge in [-0.2, -0.15) is 13.2 Å². The molecular weight excluding hydrogens is 280 g/mol. The number of hydrogen-bond acceptors (Lipinski definition) is 0. The van der Waals surface area contributed by atoms with E-state index in [0.29, 0.717) is 6.42 Å². The van der Waals surface area contributed by atoms with E-state index in [9.17, 15) is 13.2 Å². The second kappa shape index (κ2) is 4.15. The number of alkyl halides is 4. The fourth-order valence-corrected chi connectivity index (χ4v) is 2.84. The van der Waals surface area contributed by atoms with Crippen LogP contribution >= 0.6 is 22.6 Å². The molecule has 1 aliphatic rings. The summed E-state index contributed by atoms with van der Waals surface area (Å²) in [5, 5.41) is 0. The molecule has 0 aromatic carbocycles. The SMILES string of the molecule is FC(F)(F)C1CCCCCC1I. The fourth-order valence-electron chi connectivity index (χ4n) is 1.63. The van der Waals surface area contributed by atoms with Crippen molar-refractivity contribution in [3.05, 3.63) is 0 Å². The third-order valence-electron chi connectivity index (χ3n) is 2.35. The number of halogens is 4. The quantitative estimate of drug-likeness (QED) is 0.360. The van der Waals surface area contributed by atoms with Crippen molar-refractivity contribution in [2.45, 2.75) is 42.2 Å². The molecule has 2 unspecified atom stereocenters. The fraction of sp³-hybridized carbons (Fsp3) is 1.00. The van der Waals surface area contributed by atoms with Crippen molar-refractivity contribution < 1.29 is 13.2 Å². The lowest BCUT2D eigenvalue weighted by atomic mass is 10.0. The largest absolute Gasteiger partial charge is 0.392 e. The zero-order valence-corrected chi connectivity index (χ0v) is 8.86. The Morgan fingerprint density at radius 1 is 1.00 bits per heavy atom. The van der Waals surface area contributed by atoms with Gasteiger partial charge in [-0.3, -0.25) is 0 Å². The zero-order valence-electron chi connectivity index (χ0n) is 6.70. The zero-order chi connectivity index (χ0) is 9.19. The molecule has 1 saturated carbocycles. The van der Waals surface area contributed by atoms with Crippen LogP contribution in [0.4, 0.5) is 13.2 Å². The lowest BCUT2D eigenvalue weighted by Gasteiger charge is -2.22. The molecule has 0 aliphatic heterocycles. The van der Waals surface area contributed by atoms with Crippen LogP contribution in [0.15, 0.2) is 0 Å². The van der Waals surface area contributed by atoms with Gasteiger partial charge in [-0.1, -0.05) is 41.9 Å². The lowest BCUT2D eigenvalue weighted by Crippen LogP contribution is -2.29. The minimum atomic E-state index is -3.98. The Labute approximate surface area is 84.0 Å². The topological polar surface area (TPSA) is 0 Å². The Morgan fingerprint density at radius 3 is 2.17 bits per heavy atom. The van der Waals surface area contributed by atoms with E-state index in [4.69, 9.17) is 0 Å². The Morgan fingerprint density at radius 2 is 1.58 bits per heavy atom.